The minimum atomic E-state index is -0.556. The number of hydrogen-bond acceptors (Lipinski definition) is 0. The van der Waals surface area contributed by atoms with Gasteiger partial charge in [-0.05, 0) is 0 Å². The van der Waals surface area contributed by atoms with Crippen LogP contribution in [-0.2, 0) is 17.0 Å². The molecule has 23 heavy (non-hydrogen) atoms. The topological polar surface area (TPSA) is 0 Å². The summed E-state index contributed by atoms with van der Waals surface area (Å²) < 4.78 is 0. The van der Waals surface area contributed by atoms with Crippen LogP contribution in [0.25, 0.3) is 21.5 Å². The summed E-state index contributed by atoms with van der Waals surface area (Å²) in [6, 6.07) is 25.7. The molecule has 0 N–H and O–H groups in total. The number of hydrogen-bond donors (Lipinski definition) is 0. The van der Waals surface area contributed by atoms with Crippen molar-refractivity contribution in [3.05, 3.63) is 83.9 Å². The van der Waals surface area contributed by atoms with Crippen molar-refractivity contribution < 1.29 is 17.0 Å². The Morgan fingerprint density at radius 3 is 1.39 bits per heavy atom. The third kappa shape index (κ3) is 5.51. The van der Waals surface area contributed by atoms with Crippen LogP contribution in [0.2, 0.25) is 0 Å². The third-order valence-electron chi connectivity index (χ3n) is 3.52. The van der Waals surface area contributed by atoms with Crippen LogP contribution in [0.5, 0.6) is 0 Å². The van der Waals surface area contributed by atoms with Gasteiger partial charge in [-0.1, -0.05) is 26.0 Å². The maximum absolute atomic E-state index is 4.89. The van der Waals surface area contributed by atoms with Crippen molar-refractivity contribution >= 4 is 40.2 Å². The Labute approximate surface area is 154 Å². The fourth-order valence-electron chi connectivity index (χ4n) is 2.61. The van der Waals surface area contributed by atoms with E-state index in [1.165, 1.54) is 32.7 Å². The first-order valence-corrected chi connectivity index (χ1v) is 11.6. The van der Waals surface area contributed by atoms with Gasteiger partial charge in [0.05, 0.1) is 0 Å². The molecule has 0 nitrogen and oxygen atoms in total. The number of halogens is 2. The van der Waals surface area contributed by atoms with Gasteiger partial charge in [0.2, 0.25) is 0 Å². The summed E-state index contributed by atoms with van der Waals surface area (Å²) in [5.74, 6) is 0. The minimum absolute atomic E-state index is 0.556. The van der Waals surface area contributed by atoms with Gasteiger partial charge in [-0.25, -0.2) is 0 Å². The quantitative estimate of drug-likeness (QED) is 0.226. The van der Waals surface area contributed by atoms with Crippen LogP contribution in [0, 0.1) is 13.8 Å². The number of aryl methyl sites for hydroxylation is 2. The third-order valence-corrected chi connectivity index (χ3v) is 3.52. The van der Waals surface area contributed by atoms with Crippen LogP contribution in [0.4, 0.5) is 0 Å². The molecule has 0 bridgehead atoms. The Morgan fingerprint density at radius 2 is 1.04 bits per heavy atom. The second-order valence-electron chi connectivity index (χ2n) is 5.39. The molecule has 0 saturated heterocycles. The average Bonchev–Trinajstić information content (AvgIpc) is 3.08. The molecule has 0 atom stereocenters. The zero-order valence-electron chi connectivity index (χ0n) is 13.2. The first-order chi connectivity index (χ1) is 11.1. The van der Waals surface area contributed by atoms with Gasteiger partial charge in [0.1, 0.15) is 0 Å². The van der Waals surface area contributed by atoms with E-state index in [9.17, 15) is 0 Å². The number of benzene rings is 2. The van der Waals surface area contributed by atoms with Crippen molar-refractivity contribution in [3.63, 3.8) is 0 Å². The van der Waals surface area contributed by atoms with Gasteiger partial charge in [0, 0.05) is 0 Å². The van der Waals surface area contributed by atoms with E-state index in [2.05, 4.69) is 86.6 Å². The van der Waals surface area contributed by atoms with E-state index in [-0.39, 0.29) is 0 Å². The zero-order valence-corrected chi connectivity index (χ0v) is 16.3. The Morgan fingerprint density at radius 1 is 0.696 bits per heavy atom. The molecule has 0 heterocycles. The van der Waals surface area contributed by atoms with Crippen molar-refractivity contribution in [3.8, 4) is 0 Å². The van der Waals surface area contributed by atoms with Gasteiger partial charge < -0.3 is 0 Å². The molecule has 0 spiro atoms. The van der Waals surface area contributed by atoms with Crippen molar-refractivity contribution in [2.24, 2.45) is 0 Å². The van der Waals surface area contributed by atoms with Gasteiger partial charge in [-0.3, -0.25) is 0 Å². The summed E-state index contributed by atoms with van der Waals surface area (Å²) >= 11 is -0.556. The van der Waals surface area contributed by atoms with Crippen LogP contribution in [0.3, 0.4) is 0 Å². The summed E-state index contributed by atoms with van der Waals surface area (Å²) in [6.07, 6.45) is 0. The second kappa shape index (κ2) is 9.30. The maximum atomic E-state index is 4.89. The van der Waals surface area contributed by atoms with E-state index < -0.39 is 17.0 Å². The van der Waals surface area contributed by atoms with E-state index in [0.717, 1.165) is 0 Å². The monoisotopic (exact) mass is 376 g/mol. The van der Waals surface area contributed by atoms with E-state index in [4.69, 9.17) is 18.6 Å². The predicted octanol–water partition coefficient (Wildman–Crippen LogP) is 7.11. The summed E-state index contributed by atoms with van der Waals surface area (Å²) in [4.78, 5) is 0. The second-order valence-corrected chi connectivity index (χ2v) is 7.97. The molecule has 4 aromatic carbocycles. The fraction of sp³-hybridized carbons (Fsp3) is 0.100. The van der Waals surface area contributed by atoms with Gasteiger partial charge in [0.15, 0.2) is 0 Å². The van der Waals surface area contributed by atoms with Crippen LogP contribution < -0.4 is 0 Å². The van der Waals surface area contributed by atoms with Gasteiger partial charge in [0.25, 0.3) is 0 Å². The fourth-order valence-corrected chi connectivity index (χ4v) is 2.61. The van der Waals surface area contributed by atoms with E-state index in [1.807, 2.05) is 0 Å². The number of rotatable bonds is 0. The molecule has 118 valence electrons. The number of fused-ring (bicyclic) bond motifs is 2. The standard InChI is InChI=1S/2C10H9.2ClH.Ti/c2*1-8-6-9-4-2-3-5-10(9)7-8;;;/h2*2-7H,1H3;2*1H;/q2*-1;;;+2/p-2. The molecule has 4 aromatic rings. The van der Waals surface area contributed by atoms with E-state index in [1.54, 1.807) is 0 Å². The molecule has 0 unspecified atom stereocenters. The van der Waals surface area contributed by atoms with Crippen LogP contribution in [-0.4, -0.2) is 0 Å². The Hall–Kier alpha value is -1.05. The summed E-state index contributed by atoms with van der Waals surface area (Å²) in [5.41, 5.74) is 2.70. The molecule has 0 amide bonds. The Bertz CT molecular complexity index is 720. The molecular weight excluding hydrogens is 359 g/mol. The molecular formula is C20H18Cl2Ti-2. The van der Waals surface area contributed by atoms with Crippen molar-refractivity contribution in [2.75, 3.05) is 0 Å². The molecule has 0 saturated carbocycles. The summed E-state index contributed by atoms with van der Waals surface area (Å²) in [5, 5.41) is 5.39. The van der Waals surface area contributed by atoms with Crippen LogP contribution in [0.15, 0.2) is 72.8 Å². The first-order valence-electron chi connectivity index (χ1n) is 7.34. The Kier molecular flexibility index (Phi) is 7.40. The molecule has 0 aliphatic rings. The molecule has 0 aliphatic carbocycles. The van der Waals surface area contributed by atoms with Gasteiger partial charge in [-0.2, -0.15) is 12.1 Å². The molecule has 0 fully saturated rings. The average molecular weight is 377 g/mol. The van der Waals surface area contributed by atoms with E-state index >= 15 is 0 Å². The van der Waals surface area contributed by atoms with Crippen LogP contribution >= 0.6 is 18.6 Å². The summed E-state index contributed by atoms with van der Waals surface area (Å²) in [6.45, 7) is 4.25. The Balaban J connectivity index is 0.000000143. The SMILES string of the molecule is Cc1cc2ccccc2[cH-]1.Cc1cc2ccccc2[cH-]1.[Cl][Ti][Cl]. The first kappa shape index (κ1) is 18.3. The van der Waals surface area contributed by atoms with Gasteiger partial charge >= 0.3 is 35.6 Å². The molecule has 4 rings (SSSR count). The molecule has 0 aromatic heterocycles. The van der Waals surface area contributed by atoms with Crippen LogP contribution in [0.1, 0.15) is 11.1 Å². The molecule has 0 radical (unpaired) electrons. The molecule has 0 aliphatic heterocycles. The van der Waals surface area contributed by atoms with Crippen molar-refractivity contribution in [2.45, 2.75) is 13.8 Å². The molecule has 3 heteroatoms. The van der Waals surface area contributed by atoms with E-state index in [0.29, 0.717) is 0 Å². The van der Waals surface area contributed by atoms with Gasteiger partial charge in [-0.15, -0.1) is 81.2 Å². The predicted molar refractivity (Wildman–Crippen MR) is 100 cm³/mol. The van der Waals surface area contributed by atoms with Crippen molar-refractivity contribution in [1.82, 2.24) is 0 Å². The zero-order chi connectivity index (χ0) is 16.7. The normalized spacial score (nSPS) is 9.74. The summed E-state index contributed by atoms with van der Waals surface area (Å²) in [7, 11) is 9.78. The van der Waals surface area contributed by atoms with Crippen molar-refractivity contribution in [1.29, 1.82) is 0 Å².